The maximum absolute atomic E-state index is 12.6. The SMILES string of the molecule is CC(=O)NCc1ccc(-c2csc(NC(=O)C3=Cc4cc(Br)ccc4OC3)n2)s1. The van der Waals surface area contributed by atoms with Crippen LogP contribution < -0.4 is 15.4 Å². The van der Waals surface area contributed by atoms with E-state index in [2.05, 4.69) is 31.5 Å². The maximum Gasteiger partial charge on any atom is 0.256 e. The molecule has 148 valence electrons. The molecule has 0 fully saturated rings. The van der Waals surface area contributed by atoms with Gasteiger partial charge in [0, 0.05) is 27.2 Å². The summed E-state index contributed by atoms with van der Waals surface area (Å²) < 4.78 is 6.60. The molecule has 4 rings (SSSR count). The maximum atomic E-state index is 12.6. The van der Waals surface area contributed by atoms with Crippen LogP contribution in [0.3, 0.4) is 0 Å². The second-order valence-corrected chi connectivity index (χ2v) is 9.25. The van der Waals surface area contributed by atoms with Crippen LogP contribution in [0.5, 0.6) is 5.75 Å². The zero-order valence-corrected chi connectivity index (χ0v) is 18.5. The Morgan fingerprint density at radius 2 is 2.14 bits per heavy atom. The zero-order chi connectivity index (χ0) is 20.4. The van der Waals surface area contributed by atoms with Crippen molar-refractivity contribution >= 4 is 61.6 Å². The van der Waals surface area contributed by atoms with Crippen molar-refractivity contribution in [3.05, 3.63) is 56.2 Å². The number of carbonyl (C=O) groups excluding carboxylic acids is 2. The van der Waals surface area contributed by atoms with Crippen LogP contribution >= 0.6 is 38.6 Å². The van der Waals surface area contributed by atoms with E-state index in [-0.39, 0.29) is 18.4 Å². The summed E-state index contributed by atoms with van der Waals surface area (Å²) in [5.74, 6) is 0.470. The molecule has 3 heterocycles. The van der Waals surface area contributed by atoms with Crippen LogP contribution in [0.4, 0.5) is 5.13 Å². The standard InChI is InChI=1S/C20H16BrN3O3S2/c1-11(25)22-8-15-3-5-18(29-15)16-10-28-20(23-16)24-19(26)13-6-12-7-14(21)2-4-17(12)27-9-13/h2-7,10H,8-9H2,1H3,(H,22,25)(H,23,24,26). The summed E-state index contributed by atoms with van der Waals surface area (Å²) in [5.41, 5.74) is 2.20. The summed E-state index contributed by atoms with van der Waals surface area (Å²) in [6.07, 6.45) is 1.83. The lowest BCUT2D eigenvalue weighted by Gasteiger charge is -2.17. The van der Waals surface area contributed by atoms with Crippen molar-refractivity contribution in [1.29, 1.82) is 0 Å². The molecule has 1 aliphatic heterocycles. The average molecular weight is 490 g/mol. The van der Waals surface area contributed by atoms with Gasteiger partial charge in [0.25, 0.3) is 5.91 Å². The first-order valence-corrected chi connectivity index (χ1v) is 11.2. The lowest BCUT2D eigenvalue weighted by molar-refractivity contribution is -0.119. The van der Waals surface area contributed by atoms with E-state index in [9.17, 15) is 9.59 Å². The molecular formula is C20H16BrN3O3S2. The van der Waals surface area contributed by atoms with E-state index in [0.29, 0.717) is 17.2 Å². The molecule has 0 saturated carbocycles. The van der Waals surface area contributed by atoms with Crippen molar-refractivity contribution in [2.45, 2.75) is 13.5 Å². The van der Waals surface area contributed by atoms with Gasteiger partial charge in [0.05, 0.1) is 22.7 Å². The van der Waals surface area contributed by atoms with Crippen LogP contribution in [-0.2, 0) is 16.1 Å². The first kappa shape index (κ1) is 19.8. The Hall–Kier alpha value is -2.49. The lowest BCUT2D eigenvalue weighted by Crippen LogP contribution is -2.21. The fraction of sp³-hybridized carbons (Fsp3) is 0.150. The van der Waals surface area contributed by atoms with Gasteiger partial charge in [-0.05, 0) is 36.4 Å². The van der Waals surface area contributed by atoms with Crippen molar-refractivity contribution in [2.24, 2.45) is 0 Å². The number of thiophene rings is 1. The molecular weight excluding hydrogens is 474 g/mol. The van der Waals surface area contributed by atoms with Crippen LogP contribution in [0.15, 0.2) is 45.8 Å². The van der Waals surface area contributed by atoms with Gasteiger partial charge in [-0.15, -0.1) is 22.7 Å². The average Bonchev–Trinajstić information content (AvgIpc) is 3.35. The smallest absolute Gasteiger partial charge is 0.256 e. The summed E-state index contributed by atoms with van der Waals surface area (Å²) in [4.78, 5) is 30.2. The lowest BCUT2D eigenvalue weighted by atomic mass is 10.1. The largest absolute Gasteiger partial charge is 0.488 e. The van der Waals surface area contributed by atoms with Crippen molar-refractivity contribution in [1.82, 2.24) is 10.3 Å². The van der Waals surface area contributed by atoms with Gasteiger partial charge >= 0.3 is 0 Å². The number of aromatic nitrogens is 1. The highest BCUT2D eigenvalue weighted by atomic mass is 79.9. The first-order valence-electron chi connectivity index (χ1n) is 8.71. The topological polar surface area (TPSA) is 80.3 Å². The number of hydrogen-bond donors (Lipinski definition) is 2. The van der Waals surface area contributed by atoms with E-state index >= 15 is 0 Å². The Bertz CT molecular complexity index is 1120. The number of fused-ring (bicyclic) bond motifs is 1. The summed E-state index contributed by atoms with van der Waals surface area (Å²) >= 11 is 6.36. The molecule has 2 amide bonds. The van der Waals surface area contributed by atoms with Crippen LogP contribution in [0, 0.1) is 0 Å². The second kappa shape index (κ2) is 8.48. The summed E-state index contributed by atoms with van der Waals surface area (Å²) in [7, 11) is 0. The number of hydrogen-bond acceptors (Lipinski definition) is 6. The molecule has 0 unspecified atom stereocenters. The van der Waals surface area contributed by atoms with E-state index in [1.807, 2.05) is 41.8 Å². The minimum absolute atomic E-state index is 0.0606. The summed E-state index contributed by atoms with van der Waals surface area (Å²) in [6, 6.07) is 9.63. The second-order valence-electron chi connectivity index (χ2n) is 6.31. The number of amides is 2. The number of halogens is 1. The fourth-order valence-electron chi connectivity index (χ4n) is 2.72. The Balaban J connectivity index is 1.44. The Labute approximate surface area is 183 Å². The van der Waals surface area contributed by atoms with E-state index in [0.717, 1.165) is 31.2 Å². The highest BCUT2D eigenvalue weighted by molar-refractivity contribution is 9.10. The predicted octanol–water partition coefficient (Wildman–Crippen LogP) is 4.68. The predicted molar refractivity (Wildman–Crippen MR) is 119 cm³/mol. The minimum Gasteiger partial charge on any atom is -0.488 e. The fourth-order valence-corrected chi connectivity index (χ4v) is 4.79. The molecule has 0 spiro atoms. The Morgan fingerprint density at radius 1 is 1.28 bits per heavy atom. The quantitative estimate of drug-likeness (QED) is 0.544. The van der Waals surface area contributed by atoms with Gasteiger partial charge in [0.1, 0.15) is 12.4 Å². The third kappa shape index (κ3) is 4.75. The van der Waals surface area contributed by atoms with Crippen LogP contribution in [-0.4, -0.2) is 23.4 Å². The molecule has 9 heteroatoms. The van der Waals surface area contributed by atoms with Crippen molar-refractivity contribution < 1.29 is 14.3 Å². The van der Waals surface area contributed by atoms with E-state index in [1.165, 1.54) is 18.3 Å². The Kier molecular flexibility index (Phi) is 5.79. The Morgan fingerprint density at radius 3 is 2.97 bits per heavy atom. The number of thiazole rings is 1. The highest BCUT2D eigenvalue weighted by Gasteiger charge is 2.19. The van der Waals surface area contributed by atoms with Gasteiger partial charge < -0.3 is 10.1 Å². The normalized spacial score (nSPS) is 12.6. The molecule has 1 aliphatic rings. The molecule has 1 aromatic carbocycles. The van der Waals surface area contributed by atoms with E-state index in [4.69, 9.17) is 4.74 Å². The number of anilines is 1. The summed E-state index contributed by atoms with van der Waals surface area (Å²) in [5, 5.41) is 8.07. The van der Waals surface area contributed by atoms with Crippen LogP contribution in [0.2, 0.25) is 0 Å². The monoisotopic (exact) mass is 489 g/mol. The van der Waals surface area contributed by atoms with E-state index in [1.54, 1.807) is 11.3 Å². The highest BCUT2D eigenvalue weighted by Crippen LogP contribution is 2.32. The van der Waals surface area contributed by atoms with Crippen molar-refractivity contribution in [3.63, 3.8) is 0 Å². The third-order valence-electron chi connectivity index (χ3n) is 4.13. The number of ether oxygens (including phenoxy) is 1. The van der Waals surface area contributed by atoms with Gasteiger partial charge in [-0.25, -0.2) is 4.98 Å². The molecule has 2 N–H and O–H groups in total. The molecule has 6 nitrogen and oxygen atoms in total. The molecule has 0 atom stereocenters. The van der Waals surface area contributed by atoms with Crippen molar-refractivity contribution in [3.8, 4) is 16.3 Å². The summed E-state index contributed by atoms with van der Waals surface area (Å²) in [6.45, 7) is 2.21. The first-order chi connectivity index (χ1) is 14.0. The van der Waals surface area contributed by atoms with Gasteiger partial charge in [-0.3, -0.25) is 14.9 Å². The van der Waals surface area contributed by atoms with Gasteiger partial charge in [0.15, 0.2) is 5.13 Å². The molecule has 0 radical (unpaired) electrons. The van der Waals surface area contributed by atoms with Crippen LogP contribution in [0.25, 0.3) is 16.6 Å². The zero-order valence-electron chi connectivity index (χ0n) is 15.3. The molecule has 0 aliphatic carbocycles. The molecule has 2 aromatic heterocycles. The number of nitrogens with one attached hydrogen (secondary N) is 2. The van der Waals surface area contributed by atoms with E-state index < -0.39 is 0 Å². The molecule has 29 heavy (non-hydrogen) atoms. The minimum atomic E-state index is -0.228. The van der Waals surface area contributed by atoms with Crippen molar-refractivity contribution in [2.75, 3.05) is 11.9 Å². The molecule has 0 bridgehead atoms. The molecule has 3 aromatic rings. The van der Waals surface area contributed by atoms with Gasteiger partial charge in [-0.1, -0.05) is 15.9 Å². The van der Waals surface area contributed by atoms with Gasteiger partial charge in [0.2, 0.25) is 5.91 Å². The number of rotatable bonds is 5. The van der Waals surface area contributed by atoms with Gasteiger partial charge in [-0.2, -0.15) is 0 Å². The number of benzene rings is 1. The van der Waals surface area contributed by atoms with Crippen LogP contribution in [0.1, 0.15) is 17.4 Å². The number of nitrogens with zero attached hydrogens (tertiary/aromatic N) is 1. The molecule has 0 saturated heterocycles. The number of carbonyl (C=O) groups is 2. The third-order valence-corrected chi connectivity index (χ3v) is 6.49.